The molecule has 0 aromatic heterocycles. The average molecular weight is 496 g/mol. The maximum Gasteiger partial charge on any atom is 0.225 e. The molecule has 1 saturated heterocycles. The fourth-order valence-electron chi connectivity index (χ4n) is 3.92. The van der Waals surface area contributed by atoms with Crippen LogP contribution in [0.15, 0.2) is 4.99 Å². The lowest BCUT2D eigenvalue weighted by atomic mass is 9.80. The van der Waals surface area contributed by atoms with Crippen molar-refractivity contribution in [1.82, 2.24) is 15.5 Å². The van der Waals surface area contributed by atoms with Crippen LogP contribution in [0, 0.1) is 5.92 Å². The quantitative estimate of drug-likeness (QED) is 0.315. The number of halogens is 1. The predicted molar refractivity (Wildman–Crippen MR) is 118 cm³/mol. The van der Waals surface area contributed by atoms with Gasteiger partial charge in [-0.3, -0.25) is 9.79 Å². The maximum absolute atomic E-state index is 12.6. The Balaban J connectivity index is 0.00000243. The summed E-state index contributed by atoms with van der Waals surface area (Å²) in [5.41, 5.74) is -0.547. The van der Waals surface area contributed by atoms with E-state index in [2.05, 4.69) is 20.5 Å². The van der Waals surface area contributed by atoms with E-state index < -0.39 is 5.60 Å². The van der Waals surface area contributed by atoms with Gasteiger partial charge in [0.15, 0.2) is 5.96 Å². The van der Waals surface area contributed by atoms with Crippen LogP contribution in [0.5, 0.6) is 0 Å². The van der Waals surface area contributed by atoms with Crippen LogP contribution >= 0.6 is 35.7 Å². The highest BCUT2D eigenvalue weighted by atomic mass is 127. The molecule has 0 aromatic carbocycles. The number of nitrogens with zero attached hydrogens (tertiary/aromatic N) is 2. The molecule has 1 aliphatic heterocycles. The smallest absolute Gasteiger partial charge is 0.225 e. The molecule has 0 atom stereocenters. The zero-order chi connectivity index (χ0) is 17.7. The standard InChI is InChI=1S/C18H32N4O2S.HI/c1-19-17(20-13-18(24)7-2-8-18)21-15-5-3-14(4-6-15)16(23)22-9-11-25-12-10-22;/h14-15,24H,2-13H2,1H3,(H2,19,20,21);1H. The third kappa shape index (κ3) is 5.89. The first-order valence-electron chi connectivity index (χ1n) is 9.66. The van der Waals surface area contributed by atoms with Gasteiger partial charge in [-0.25, -0.2) is 0 Å². The monoisotopic (exact) mass is 496 g/mol. The van der Waals surface area contributed by atoms with Gasteiger partial charge < -0.3 is 20.6 Å². The second-order valence-electron chi connectivity index (χ2n) is 7.63. The second-order valence-corrected chi connectivity index (χ2v) is 8.86. The molecule has 6 nitrogen and oxygen atoms in total. The molecule has 3 N–H and O–H groups in total. The van der Waals surface area contributed by atoms with Crippen LogP contribution in [-0.2, 0) is 4.79 Å². The van der Waals surface area contributed by atoms with Crippen LogP contribution in [0.25, 0.3) is 0 Å². The summed E-state index contributed by atoms with van der Waals surface area (Å²) in [7, 11) is 1.77. The van der Waals surface area contributed by atoms with Gasteiger partial charge in [0, 0.05) is 50.1 Å². The van der Waals surface area contributed by atoms with E-state index in [1.807, 2.05) is 11.8 Å². The van der Waals surface area contributed by atoms with Crippen molar-refractivity contribution < 1.29 is 9.90 Å². The number of thioether (sulfide) groups is 1. The van der Waals surface area contributed by atoms with Gasteiger partial charge in [0.05, 0.1) is 5.60 Å². The Kier molecular flexibility index (Phi) is 8.79. The molecule has 0 spiro atoms. The summed E-state index contributed by atoms with van der Waals surface area (Å²) >= 11 is 1.94. The van der Waals surface area contributed by atoms with Gasteiger partial charge in [-0.05, 0) is 44.9 Å². The Morgan fingerprint density at radius 3 is 2.42 bits per heavy atom. The van der Waals surface area contributed by atoms with Crippen molar-refractivity contribution in [3.05, 3.63) is 0 Å². The number of carbonyl (C=O) groups excluding carboxylic acids is 1. The number of rotatable bonds is 4. The molecule has 1 heterocycles. The normalized spacial score (nSPS) is 28.5. The summed E-state index contributed by atoms with van der Waals surface area (Å²) in [6.07, 6.45) is 6.78. The number of amides is 1. The highest BCUT2D eigenvalue weighted by molar-refractivity contribution is 14.0. The molecule has 1 amide bonds. The Bertz CT molecular complexity index is 488. The van der Waals surface area contributed by atoms with Crippen LogP contribution in [0.3, 0.4) is 0 Å². The largest absolute Gasteiger partial charge is 0.388 e. The van der Waals surface area contributed by atoms with Gasteiger partial charge in [0.2, 0.25) is 5.91 Å². The molecule has 3 fully saturated rings. The van der Waals surface area contributed by atoms with Crippen molar-refractivity contribution in [1.29, 1.82) is 0 Å². The van der Waals surface area contributed by atoms with Gasteiger partial charge in [-0.1, -0.05) is 0 Å². The van der Waals surface area contributed by atoms with E-state index in [1.165, 1.54) is 0 Å². The van der Waals surface area contributed by atoms with E-state index in [0.29, 0.717) is 18.5 Å². The van der Waals surface area contributed by atoms with Crippen LogP contribution in [0.1, 0.15) is 44.9 Å². The molecule has 0 radical (unpaired) electrons. The molecule has 26 heavy (non-hydrogen) atoms. The third-order valence-electron chi connectivity index (χ3n) is 5.83. The molecular formula is C18H33IN4O2S. The zero-order valence-electron chi connectivity index (χ0n) is 15.7. The fourth-order valence-corrected chi connectivity index (χ4v) is 4.83. The first kappa shape index (κ1) is 22.1. The minimum absolute atomic E-state index is 0. The maximum atomic E-state index is 12.6. The minimum Gasteiger partial charge on any atom is -0.388 e. The van der Waals surface area contributed by atoms with E-state index in [4.69, 9.17) is 0 Å². The lowest BCUT2D eigenvalue weighted by Crippen LogP contribution is -2.53. The molecule has 3 rings (SSSR count). The van der Waals surface area contributed by atoms with Crippen LogP contribution in [0.4, 0.5) is 0 Å². The number of guanidine groups is 1. The fraction of sp³-hybridized carbons (Fsp3) is 0.889. The summed E-state index contributed by atoms with van der Waals surface area (Å²) in [6.45, 7) is 2.40. The van der Waals surface area contributed by atoms with E-state index in [-0.39, 0.29) is 29.9 Å². The molecule has 2 saturated carbocycles. The summed E-state index contributed by atoms with van der Waals surface area (Å²) in [5.74, 6) is 3.50. The Morgan fingerprint density at radius 2 is 1.88 bits per heavy atom. The highest BCUT2D eigenvalue weighted by Gasteiger charge is 2.35. The van der Waals surface area contributed by atoms with E-state index in [0.717, 1.165) is 75.5 Å². The van der Waals surface area contributed by atoms with Gasteiger partial charge in [-0.2, -0.15) is 11.8 Å². The number of hydrogen-bond acceptors (Lipinski definition) is 4. The number of aliphatic hydroxyl groups is 1. The van der Waals surface area contributed by atoms with Crippen LogP contribution < -0.4 is 10.6 Å². The molecule has 2 aliphatic carbocycles. The molecule has 0 bridgehead atoms. The SMILES string of the molecule is CN=C(NCC1(O)CCC1)NC1CCC(C(=O)N2CCSCC2)CC1.I. The second kappa shape index (κ2) is 10.4. The average Bonchev–Trinajstić information content (AvgIpc) is 2.64. The Labute approximate surface area is 178 Å². The lowest BCUT2D eigenvalue weighted by molar-refractivity contribution is -0.136. The van der Waals surface area contributed by atoms with Crippen molar-refractivity contribution in [2.45, 2.75) is 56.6 Å². The molecular weight excluding hydrogens is 463 g/mol. The molecule has 0 unspecified atom stereocenters. The summed E-state index contributed by atoms with van der Waals surface area (Å²) in [5, 5.41) is 16.9. The van der Waals surface area contributed by atoms with Crippen molar-refractivity contribution in [2.75, 3.05) is 38.2 Å². The van der Waals surface area contributed by atoms with Gasteiger partial charge >= 0.3 is 0 Å². The first-order chi connectivity index (χ1) is 12.1. The van der Waals surface area contributed by atoms with Gasteiger partial charge in [0.1, 0.15) is 0 Å². The predicted octanol–water partition coefficient (Wildman–Crippen LogP) is 1.82. The van der Waals surface area contributed by atoms with Crippen molar-refractivity contribution >= 4 is 47.6 Å². The minimum atomic E-state index is -0.547. The van der Waals surface area contributed by atoms with Crippen molar-refractivity contribution in [3.8, 4) is 0 Å². The van der Waals surface area contributed by atoms with E-state index in [1.54, 1.807) is 7.05 Å². The van der Waals surface area contributed by atoms with Gasteiger partial charge in [0.25, 0.3) is 0 Å². The zero-order valence-corrected chi connectivity index (χ0v) is 18.9. The lowest BCUT2D eigenvalue weighted by Gasteiger charge is -2.37. The first-order valence-corrected chi connectivity index (χ1v) is 10.8. The van der Waals surface area contributed by atoms with Gasteiger partial charge in [-0.15, -0.1) is 24.0 Å². The van der Waals surface area contributed by atoms with E-state index in [9.17, 15) is 9.90 Å². The summed E-state index contributed by atoms with van der Waals surface area (Å²) in [6, 6.07) is 0.364. The summed E-state index contributed by atoms with van der Waals surface area (Å²) < 4.78 is 0. The highest BCUT2D eigenvalue weighted by Crippen LogP contribution is 2.30. The Hall–Kier alpha value is -0.220. The third-order valence-corrected chi connectivity index (χ3v) is 6.78. The number of carbonyl (C=O) groups is 1. The van der Waals surface area contributed by atoms with Crippen molar-refractivity contribution in [2.24, 2.45) is 10.9 Å². The molecule has 8 heteroatoms. The number of aliphatic imine (C=N–C) groups is 1. The number of hydrogen-bond donors (Lipinski definition) is 3. The Morgan fingerprint density at radius 1 is 1.23 bits per heavy atom. The number of nitrogens with one attached hydrogen (secondary N) is 2. The summed E-state index contributed by atoms with van der Waals surface area (Å²) in [4.78, 5) is 19.0. The van der Waals surface area contributed by atoms with E-state index >= 15 is 0 Å². The molecule has 150 valence electrons. The van der Waals surface area contributed by atoms with Crippen LogP contribution in [0.2, 0.25) is 0 Å². The topological polar surface area (TPSA) is 77.0 Å². The van der Waals surface area contributed by atoms with Crippen LogP contribution in [-0.4, -0.2) is 71.7 Å². The van der Waals surface area contributed by atoms with Crippen molar-refractivity contribution in [3.63, 3.8) is 0 Å². The molecule has 0 aromatic rings. The molecule has 3 aliphatic rings.